The molecule has 0 unspecified atom stereocenters. The number of piperidine rings is 1. The van der Waals surface area contributed by atoms with Crippen molar-refractivity contribution in [3.05, 3.63) is 29.8 Å². The van der Waals surface area contributed by atoms with Crippen molar-refractivity contribution >= 4 is 28.3 Å². The van der Waals surface area contributed by atoms with Crippen molar-refractivity contribution in [2.75, 3.05) is 40.4 Å². The van der Waals surface area contributed by atoms with Gasteiger partial charge in [0.2, 0.25) is 10.0 Å². The van der Waals surface area contributed by atoms with Crippen LogP contribution in [0.1, 0.15) is 23.2 Å². The molecule has 9 heteroatoms. The minimum Gasteiger partial charge on any atom is -0.383 e. The number of sulfonamides is 1. The lowest BCUT2D eigenvalue weighted by molar-refractivity contribution is 0.0703. The van der Waals surface area contributed by atoms with Crippen molar-refractivity contribution in [1.82, 2.24) is 14.9 Å². The van der Waals surface area contributed by atoms with Crippen molar-refractivity contribution < 1.29 is 17.9 Å². The molecule has 1 fully saturated rings. The van der Waals surface area contributed by atoms with Gasteiger partial charge in [0.05, 0.1) is 11.5 Å². The Morgan fingerprint density at radius 3 is 2.44 bits per heavy atom. The van der Waals surface area contributed by atoms with Gasteiger partial charge in [0.15, 0.2) is 0 Å². The van der Waals surface area contributed by atoms with Crippen molar-refractivity contribution in [2.45, 2.75) is 23.8 Å². The number of methoxy groups -OCH3 is 1. The van der Waals surface area contributed by atoms with Crippen LogP contribution in [0.3, 0.4) is 0 Å². The fourth-order valence-electron chi connectivity index (χ4n) is 2.70. The molecule has 0 saturated carbocycles. The maximum absolute atomic E-state index is 12.5. The topological polar surface area (TPSA) is 87.7 Å². The number of amides is 1. The summed E-state index contributed by atoms with van der Waals surface area (Å²) in [7, 11) is -0.270. The van der Waals surface area contributed by atoms with E-state index >= 15 is 0 Å². The number of halogens is 1. The molecular formula is C16H26ClN3O4S. The maximum Gasteiger partial charge on any atom is 0.253 e. The van der Waals surface area contributed by atoms with Crippen LogP contribution >= 0.6 is 12.4 Å². The van der Waals surface area contributed by atoms with Crippen LogP contribution in [0.15, 0.2) is 29.2 Å². The predicted octanol–water partition coefficient (Wildman–Crippen LogP) is 0.857. The zero-order chi connectivity index (χ0) is 17.6. The second kappa shape index (κ2) is 10.1. The van der Waals surface area contributed by atoms with Gasteiger partial charge in [-0.2, -0.15) is 0 Å². The van der Waals surface area contributed by atoms with E-state index < -0.39 is 10.0 Å². The van der Waals surface area contributed by atoms with Gasteiger partial charge < -0.3 is 15.0 Å². The molecule has 0 aromatic heterocycles. The minimum atomic E-state index is -3.58. The van der Waals surface area contributed by atoms with Gasteiger partial charge in [-0.3, -0.25) is 4.79 Å². The Labute approximate surface area is 155 Å². The third kappa shape index (κ3) is 5.93. The molecule has 0 bridgehead atoms. The van der Waals surface area contributed by atoms with Crippen LogP contribution in [0.4, 0.5) is 0 Å². The summed E-state index contributed by atoms with van der Waals surface area (Å²) >= 11 is 0. The third-order valence-corrected chi connectivity index (χ3v) is 5.66. The fourth-order valence-corrected chi connectivity index (χ4v) is 3.71. The van der Waals surface area contributed by atoms with Crippen molar-refractivity contribution in [2.24, 2.45) is 0 Å². The lowest BCUT2D eigenvalue weighted by Gasteiger charge is -2.31. The maximum atomic E-state index is 12.5. The highest BCUT2D eigenvalue weighted by Crippen LogP contribution is 2.16. The van der Waals surface area contributed by atoms with Crippen LogP contribution in [0.5, 0.6) is 0 Å². The largest absolute Gasteiger partial charge is 0.383 e. The Kier molecular flexibility index (Phi) is 8.81. The van der Waals surface area contributed by atoms with Crippen LogP contribution in [-0.2, 0) is 14.8 Å². The molecule has 142 valence electrons. The zero-order valence-electron chi connectivity index (χ0n) is 14.5. The highest BCUT2D eigenvalue weighted by Gasteiger charge is 2.23. The van der Waals surface area contributed by atoms with Gasteiger partial charge in [0.25, 0.3) is 5.91 Å². The second-order valence-electron chi connectivity index (χ2n) is 5.81. The van der Waals surface area contributed by atoms with E-state index in [1.54, 1.807) is 24.1 Å². The molecule has 1 aromatic carbocycles. The van der Waals surface area contributed by atoms with E-state index in [9.17, 15) is 13.2 Å². The van der Waals surface area contributed by atoms with Gasteiger partial charge in [0.1, 0.15) is 0 Å². The molecule has 1 heterocycles. The smallest absolute Gasteiger partial charge is 0.253 e. The SMILES string of the molecule is COCCNS(=O)(=O)c1ccc(C(=O)N(C)C2CCNCC2)cc1.Cl. The van der Waals surface area contributed by atoms with Crippen molar-refractivity contribution in [3.8, 4) is 0 Å². The monoisotopic (exact) mass is 391 g/mol. The van der Waals surface area contributed by atoms with Gasteiger partial charge in [-0.1, -0.05) is 0 Å². The number of nitrogens with zero attached hydrogens (tertiary/aromatic N) is 1. The summed E-state index contributed by atoms with van der Waals surface area (Å²) in [6.45, 7) is 2.33. The van der Waals surface area contributed by atoms with Crippen LogP contribution < -0.4 is 10.0 Å². The number of hydrogen-bond acceptors (Lipinski definition) is 5. The number of rotatable bonds is 7. The molecule has 2 rings (SSSR count). The molecule has 1 saturated heterocycles. The number of nitrogens with one attached hydrogen (secondary N) is 2. The van der Waals surface area contributed by atoms with Crippen LogP contribution in [0, 0.1) is 0 Å². The molecule has 1 aromatic rings. The Hall–Kier alpha value is -1.19. The molecule has 0 radical (unpaired) electrons. The molecule has 2 N–H and O–H groups in total. The number of carbonyl (C=O) groups excluding carboxylic acids is 1. The van der Waals surface area contributed by atoms with E-state index in [2.05, 4.69) is 10.0 Å². The minimum absolute atomic E-state index is 0. The Morgan fingerprint density at radius 1 is 1.28 bits per heavy atom. The average Bonchev–Trinajstić information content (AvgIpc) is 2.61. The number of carbonyl (C=O) groups is 1. The summed E-state index contributed by atoms with van der Waals surface area (Å²) in [6.07, 6.45) is 1.86. The quantitative estimate of drug-likeness (QED) is 0.673. The van der Waals surface area contributed by atoms with E-state index in [-0.39, 0.29) is 35.8 Å². The summed E-state index contributed by atoms with van der Waals surface area (Å²) in [5.74, 6) is -0.0850. The lowest BCUT2D eigenvalue weighted by atomic mass is 10.0. The van der Waals surface area contributed by atoms with Crippen molar-refractivity contribution in [1.29, 1.82) is 0 Å². The summed E-state index contributed by atoms with van der Waals surface area (Å²) in [6, 6.07) is 6.25. The normalized spacial score (nSPS) is 15.4. The first kappa shape index (κ1) is 21.9. The van der Waals surface area contributed by atoms with Gasteiger partial charge in [0, 0.05) is 32.3 Å². The number of hydrogen-bond donors (Lipinski definition) is 2. The molecule has 1 aliphatic rings. The van der Waals surface area contributed by atoms with E-state index in [4.69, 9.17) is 4.74 Å². The van der Waals surface area contributed by atoms with Crippen LogP contribution in [0.2, 0.25) is 0 Å². The summed E-state index contributed by atoms with van der Waals surface area (Å²) in [5, 5.41) is 3.27. The van der Waals surface area contributed by atoms with Gasteiger partial charge >= 0.3 is 0 Å². The first-order chi connectivity index (χ1) is 11.5. The van der Waals surface area contributed by atoms with Crippen LogP contribution in [-0.4, -0.2) is 65.7 Å². The zero-order valence-corrected chi connectivity index (χ0v) is 16.2. The number of ether oxygens (including phenoxy) is 1. The summed E-state index contributed by atoms with van der Waals surface area (Å²) < 4.78 is 31.5. The molecular weight excluding hydrogens is 366 g/mol. The molecule has 0 aliphatic carbocycles. The van der Waals surface area contributed by atoms with Gasteiger partial charge in [-0.05, 0) is 50.2 Å². The predicted molar refractivity (Wildman–Crippen MR) is 98.7 cm³/mol. The van der Waals surface area contributed by atoms with E-state index in [1.165, 1.54) is 19.2 Å². The fraction of sp³-hybridized carbons (Fsp3) is 0.562. The molecule has 25 heavy (non-hydrogen) atoms. The summed E-state index contributed by atoms with van der Waals surface area (Å²) in [4.78, 5) is 14.4. The van der Waals surface area contributed by atoms with E-state index in [0.29, 0.717) is 12.2 Å². The van der Waals surface area contributed by atoms with E-state index in [1.807, 2.05) is 0 Å². The highest BCUT2D eigenvalue weighted by molar-refractivity contribution is 7.89. The molecule has 1 amide bonds. The number of benzene rings is 1. The first-order valence-corrected chi connectivity index (χ1v) is 9.50. The van der Waals surface area contributed by atoms with E-state index in [0.717, 1.165) is 25.9 Å². The average molecular weight is 392 g/mol. The molecule has 0 atom stereocenters. The first-order valence-electron chi connectivity index (χ1n) is 8.02. The van der Waals surface area contributed by atoms with Gasteiger partial charge in [-0.25, -0.2) is 13.1 Å². The summed E-state index contributed by atoms with van der Waals surface area (Å²) in [5.41, 5.74) is 0.492. The van der Waals surface area contributed by atoms with Crippen LogP contribution in [0.25, 0.3) is 0 Å². The molecule has 0 spiro atoms. The second-order valence-corrected chi connectivity index (χ2v) is 7.58. The molecule has 1 aliphatic heterocycles. The van der Waals surface area contributed by atoms with Crippen molar-refractivity contribution in [3.63, 3.8) is 0 Å². The Bertz CT molecular complexity index is 646. The molecule has 7 nitrogen and oxygen atoms in total. The highest BCUT2D eigenvalue weighted by atomic mass is 35.5. The standard InChI is InChI=1S/C16H25N3O4S.ClH/c1-19(14-7-9-17-10-8-14)16(20)13-3-5-15(6-4-13)24(21,22)18-11-12-23-2;/h3-6,14,17-18H,7-12H2,1-2H3;1H. The Balaban J connectivity index is 0.00000312. The Morgan fingerprint density at radius 2 is 1.88 bits per heavy atom. The third-order valence-electron chi connectivity index (χ3n) is 4.19. The van der Waals surface area contributed by atoms with Gasteiger partial charge in [-0.15, -0.1) is 12.4 Å². The lowest BCUT2D eigenvalue weighted by Crippen LogP contribution is -2.43.